The lowest BCUT2D eigenvalue weighted by Crippen LogP contribution is -2.30. The van der Waals surface area contributed by atoms with Gasteiger partial charge in [-0.15, -0.1) is 10.2 Å². The summed E-state index contributed by atoms with van der Waals surface area (Å²) >= 11 is 5.97. The van der Waals surface area contributed by atoms with Crippen LogP contribution in [-0.2, 0) is 17.9 Å². The molecule has 0 saturated carbocycles. The van der Waals surface area contributed by atoms with E-state index in [1.807, 2.05) is 49.4 Å². The number of tetrazole rings is 1. The number of aryl methyl sites for hydroxylation is 1. The van der Waals surface area contributed by atoms with Gasteiger partial charge in [0, 0.05) is 24.2 Å². The number of amides is 1. The molecular formula is C18H18ClN5O. The summed E-state index contributed by atoms with van der Waals surface area (Å²) in [6.45, 7) is 2.53. The van der Waals surface area contributed by atoms with Gasteiger partial charge in [-0.2, -0.15) is 4.80 Å². The minimum absolute atomic E-state index is 0.0376. The predicted octanol–water partition coefficient (Wildman–Crippen LogP) is 2.96. The molecule has 7 heteroatoms. The molecule has 3 aromatic rings. The van der Waals surface area contributed by atoms with Crippen LogP contribution in [-0.4, -0.2) is 38.1 Å². The van der Waals surface area contributed by atoms with Crippen LogP contribution in [0.5, 0.6) is 0 Å². The zero-order chi connectivity index (χ0) is 17.8. The number of nitrogens with zero attached hydrogens (tertiary/aromatic N) is 5. The highest BCUT2D eigenvalue weighted by Crippen LogP contribution is 2.14. The number of likely N-dealkylation sites (N-methyl/N-ethyl adjacent to an activating group) is 1. The van der Waals surface area contributed by atoms with Crippen LogP contribution in [0.25, 0.3) is 11.4 Å². The van der Waals surface area contributed by atoms with Crippen LogP contribution in [0.15, 0.2) is 48.5 Å². The highest BCUT2D eigenvalue weighted by molar-refractivity contribution is 6.30. The first-order valence-electron chi connectivity index (χ1n) is 7.84. The molecule has 0 fully saturated rings. The summed E-state index contributed by atoms with van der Waals surface area (Å²) in [6, 6.07) is 15.3. The second kappa shape index (κ2) is 7.44. The van der Waals surface area contributed by atoms with Crippen molar-refractivity contribution in [2.75, 3.05) is 7.05 Å². The molecular weight excluding hydrogens is 338 g/mol. The topological polar surface area (TPSA) is 63.9 Å². The lowest BCUT2D eigenvalue weighted by molar-refractivity contribution is -0.131. The highest BCUT2D eigenvalue weighted by atomic mass is 35.5. The van der Waals surface area contributed by atoms with Gasteiger partial charge in [0.25, 0.3) is 0 Å². The first kappa shape index (κ1) is 17.1. The predicted molar refractivity (Wildman–Crippen MR) is 95.9 cm³/mol. The summed E-state index contributed by atoms with van der Waals surface area (Å²) in [5, 5.41) is 12.9. The molecule has 0 saturated heterocycles. The largest absolute Gasteiger partial charge is 0.340 e. The van der Waals surface area contributed by atoms with Crippen LogP contribution in [0.3, 0.4) is 0 Å². The van der Waals surface area contributed by atoms with Crippen molar-refractivity contribution in [3.05, 3.63) is 64.7 Å². The minimum Gasteiger partial charge on any atom is -0.340 e. The first-order valence-corrected chi connectivity index (χ1v) is 8.22. The summed E-state index contributed by atoms with van der Waals surface area (Å²) in [5.74, 6) is 0.401. The third-order valence-corrected chi connectivity index (χ3v) is 4.01. The molecule has 0 spiro atoms. The van der Waals surface area contributed by atoms with Gasteiger partial charge in [0.2, 0.25) is 11.7 Å². The summed E-state index contributed by atoms with van der Waals surface area (Å²) < 4.78 is 0. The van der Waals surface area contributed by atoms with Crippen LogP contribution >= 0.6 is 11.6 Å². The summed E-state index contributed by atoms with van der Waals surface area (Å²) in [6.07, 6.45) is 0. The van der Waals surface area contributed by atoms with Crippen molar-refractivity contribution in [3.63, 3.8) is 0 Å². The molecule has 1 heterocycles. The molecule has 0 aliphatic carbocycles. The molecule has 0 bridgehead atoms. The number of hydrogen-bond acceptors (Lipinski definition) is 4. The average Bonchev–Trinajstić information content (AvgIpc) is 3.04. The zero-order valence-electron chi connectivity index (χ0n) is 14.1. The van der Waals surface area contributed by atoms with Gasteiger partial charge in [0.1, 0.15) is 6.54 Å². The van der Waals surface area contributed by atoms with E-state index < -0.39 is 0 Å². The van der Waals surface area contributed by atoms with E-state index in [2.05, 4.69) is 15.4 Å². The number of benzene rings is 2. The van der Waals surface area contributed by atoms with Gasteiger partial charge in [-0.1, -0.05) is 53.6 Å². The highest BCUT2D eigenvalue weighted by Gasteiger charge is 2.13. The maximum absolute atomic E-state index is 12.4. The van der Waals surface area contributed by atoms with E-state index in [0.717, 1.165) is 16.7 Å². The summed E-state index contributed by atoms with van der Waals surface area (Å²) in [7, 11) is 1.74. The maximum atomic E-state index is 12.4. The van der Waals surface area contributed by atoms with Crippen molar-refractivity contribution in [1.29, 1.82) is 0 Å². The van der Waals surface area contributed by atoms with E-state index in [1.54, 1.807) is 18.0 Å². The zero-order valence-corrected chi connectivity index (χ0v) is 14.8. The Kier molecular flexibility index (Phi) is 5.09. The second-order valence-corrected chi connectivity index (χ2v) is 6.33. The Balaban J connectivity index is 1.64. The van der Waals surface area contributed by atoms with Gasteiger partial charge in [-0.3, -0.25) is 4.79 Å². The summed E-state index contributed by atoms with van der Waals surface area (Å²) in [4.78, 5) is 15.3. The Morgan fingerprint density at radius 2 is 1.96 bits per heavy atom. The molecule has 1 aromatic heterocycles. The monoisotopic (exact) mass is 355 g/mol. The Hall–Kier alpha value is -2.73. The summed E-state index contributed by atoms with van der Waals surface area (Å²) in [5.41, 5.74) is 3.00. The van der Waals surface area contributed by atoms with Crippen molar-refractivity contribution in [3.8, 4) is 11.4 Å². The van der Waals surface area contributed by atoms with Crippen molar-refractivity contribution in [2.24, 2.45) is 0 Å². The maximum Gasteiger partial charge on any atom is 0.246 e. The van der Waals surface area contributed by atoms with Crippen molar-refractivity contribution < 1.29 is 4.79 Å². The Bertz CT molecular complexity index is 875. The van der Waals surface area contributed by atoms with Crippen LogP contribution in [0.2, 0.25) is 5.02 Å². The van der Waals surface area contributed by atoms with E-state index in [4.69, 9.17) is 11.6 Å². The van der Waals surface area contributed by atoms with E-state index in [9.17, 15) is 4.79 Å². The van der Waals surface area contributed by atoms with E-state index in [0.29, 0.717) is 17.4 Å². The van der Waals surface area contributed by atoms with Gasteiger partial charge >= 0.3 is 0 Å². The number of rotatable bonds is 5. The molecule has 0 aliphatic heterocycles. The van der Waals surface area contributed by atoms with Gasteiger partial charge in [-0.25, -0.2) is 0 Å². The third kappa shape index (κ3) is 4.42. The fourth-order valence-corrected chi connectivity index (χ4v) is 2.58. The van der Waals surface area contributed by atoms with Crippen LogP contribution < -0.4 is 0 Å². The van der Waals surface area contributed by atoms with Crippen molar-refractivity contribution in [1.82, 2.24) is 25.1 Å². The molecule has 2 aromatic carbocycles. The molecule has 0 aliphatic rings. The fourth-order valence-electron chi connectivity index (χ4n) is 2.37. The molecule has 6 nitrogen and oxygen atoms in total. The van der Waals surface area contributed by atoms with Crippen LogP contribution in [0.4, 0.5) is 0 Å². The van der Waals surface area contributed by atoms with Gasteiger partial charge < -0.3 is 4.90 Å². The smallest absolute Gasteiger partial charge is 0.246 e. The van der Waals surface area contributed by atoms with Gasteiger partial charge in [0.05, 0.1) is 0 Å². The molecule has 0 unspecified atom stereocenters. The molecule has 3 rings (SSSR count). The quantitative estimate of drug-likeness (QED) is 0.705. The molecule has 25 heavy (non-hydrogen) atoms. The van der Waals surface area contributed by atoms with Crippen LogP contribution in [0.1, 0.15) is 11.1 Å². The fraction of sp³-hybridized carbons (Fsp3) is 0.222. The molecule has 0 radical (unpaired) electrons. The lowest BCUT2D eigenvalue weighted by atomic mass is 10.1. The standard InChI is InChI=1S/C18H18ClN5O/c1-13-6-8-15(9-7-13)18-20-22-24(21-18)12-17(25)23(2)11-14-4-3-5-16(19)10-14/h3-10H,11-12H2,1-2H3. The van der Waals surface area contributed by atoms with E-state index in [1.165, 1.54) is 4.80 Å². The number of hydrogen-bond donors (Lipinski definition) is 0. The normalized spacial score (nSPS) is 10.7. The number of carbonyl (C=O) groups excluding carboxylic acids is 1. The Morgan fingerprint density at radius 3 is 2.68 bits per heavy atom. The Morgan fingerprint density at radius 1 is 1.20 bits per heavy atom. The lowest BCUT2D eigenvalue weighted by Gasteiger charge is -2.16. The van der Waals surface area contributed by atoms with Crippen LogP contribution in [0, 0.1) is 6.92 Å². The number of halogens is 1. The van der Waals surface area contributed by atoms with Gasteiger partial charge in [0.15, 0.2) is 0 Å². The molecule has 0 atom stereocenters. The van der Waals surface area contributed by atoms with Gasteiger partial charge in [-0.05, 0) is 29.8 Å². The first-order chi connectivity index (χ1) is 12.0. The van der Waals surface area contributed by atoms with Crippen molar-refractivity contribution >= 4 is 17.5 Å². The number of aromatic nitrogens is 4. The second-order valence-electron chi connectivity index (χ2n) is 5.89. The SMILES string of the molecule is Cc1ccc(-c2nnn(CC(=O)N(C)Cc3cccc(Cl)c3)n2)cc1. The van der Waals surface area contributed by atoms with E-state index in [-0.39, 0.29) is 12.5 Å². The number of carbonyl (C=O) groups is 1. The van der Waals surface area contributed by atoms with Crippen molar-refractivity contribution in [2.45, 2.75) is 20.0 Å². The average molecular weight is 356 g/mol. The molecule has 128 valence electrons. The van der Waals surface area contributed by atoms with E-state index >= 15 is 0 Å². The minimum atomic E-state index is -0.104. The third-order valence-electron chi connectivity index (χ3n) is 3.77. The molecule has 1 amide bonds. The Labute approximate surface area is 151 Å². The molecule has 0 N–H and O–H groups in total.